The van der Waals surface area contributed by atoms with E-state index in [1.165, 1.54) is 0 Å². The van der Waals surface area contributed by atoms with Gasteiger partial charge in [0.05, 0.1) is 5.56 Å². The molecular weight excluding hydrogens is 310 g/mol. The summed E-state index contributed by atoms with van der Waals surface area (Å²) in [4.78, 5) is 12.7. The summed E-state index contributed by atoms with van der Waals surface area (Å²) < 4.78 is 0.705. The maximum atomic E-state index is 12.0. The summed E-state index contributed by atoms with van der Waals surface area (Å²) in [5.74, 6) is 0. The number of carbonyl (C=O) groups is 1. The molecule has 2 aromatic rings. The van der Waals surface area contributed by atoms with E-state index in [2.05, 4.69) is 22.0 Å². The highest BCUT2D eigenvalue weighted by Gasteiger charge is 2.12. The third-order valence-corrected chi connectivity index (χ3v) is 3.94. The first-order chi connectivity index (χ1) is 8.72. The van der Waals surface area contributed by atoms with E-state index in [0.717, 1.165) is 11.8 Å². The Morgan fingerprint density at radius 3 is 2.50 bits per heavy atom. The smallest absolute Gasteiger partial charge is 0.224 e. The lowest BCUT2D eigenvalue weighted by Crippen LogP contribution is -1.94. The summed E-state index contributed by atoms with van der Waals surface area (Å²) in [5.41, 5.74) is 1.12. The Morgan fingerprint density at radius 1 is 1.11 bits per heavy atom. The van der Waals surface area contributed by atoms with Crippen molar-refractivity contribution in [1.29, 1.82) is 5.26 Å². The van der Waals surface area contributed by atoms with E-state index >= 15 is 0 Å². The number of benzene rings is 2. The summed E-state index contributed by atoms with van der Waals surface area (Å²) in [6.45, 7) is 0. The number of hydrogen-bond donors (Lipinski definition) is 0. The molecule has 0 spiro atoms. The van der Waals surface area contributed by atoms with Gasteiger partial charge in [-0.15, -0.1) is 0 Å². The molecule has 0 heterocycles. The van der Waals surface area contributed by atoms with E-state index < -0.39 is 0 Å². The Bertz CT molecular complexity index is 619. The molecular formula is C14H8BrNOS. The normalized spacial score (nSPS) is 9.78. The first-order valence-corrected chi connectivity index (χ1v) is 6.79. The van der Waals surface area contributed by atoms with E-state index in [0.29, 0.717) is 20.5 Å². The van der Waals surface area contributed by atoms with Gasteiger partial charge in [0.2, 0.25) is 5.12 Å². The lowest BCUT2D eigenvalue weighted by molar-refractivity contribution is 0.108. The molecule has 0 radical (unpaired) electrons. The van der Waals surface area contributed by atoms with E-state index in [9.17, 15) is 4.79 Å². The van der Waals surface area contributed by atoms with Crippen molar-refractivity contribution < 1.29 is 4.79 Å². The number of rotatable bonds is 2. The predicted octanol–water partition coefficient (Wildman–Crippen LogP) is 4.25. The summed E-state index contributed by atoms with van der Waals surface area (Å²) in [5, 5.41) is 9.01. The molecule has 0 atom stereocenters. The van der Waals surface area contributed by atoms with Gasteiger partial charge in [-0.1, -0.05) is 36.4 Å². The fraction of sp³-hybridized carbons (Fsp3) is 0. The van der Waals surface area contributed by atoms with Gasteiger partial charge in [0.1, 0.15) is 6.07 Å². The number of hydrogen-bond acceptors (Lipinski definition) is 3. The zero-order valence-electron chi connectivity index (χ0n) is 9.26. The molecule has 0 aliphatic carbocycles. The molecule has 0 bridgehead atoms. The first-order valence-electron chi connectivity index (χ1n) is 5.18. The third-order valence-electron chi connectivity index (χ3n) is 2.30. The summed E-state index contributed by atoms with van der Waals surface area (Å²) >= 11 is 4.38. The van der Waals surface area contributed by atoms with Crippen LogP contribution in [0.1, 0.15) is 15.9 Å². The minimum Gasteiger partial charge on any atom is -0.281 e. The van der Waals surface area contributed by atoms with Gasteiger partial charge in [-0.25, -0.2) is 0 Å². The first kappa shape index (κ1) is 12.9. The Labute approximate surface area is 118 Å². The summed E-state index contributed by atoms with van der Waals surface area (Å²) in [6.07, 6.45) is 0. The van der Waals surface area contributed by atoms with Crippen LogP contribution in [0.3, 0.4) is 0 Å². The molecule has 0 saturated heterocycles. The number of thioether (sulfide) groups is 1. The molecule has 0 amide bonds. The Morgan fingerprint density at radius 2 is 1.83 bits per heavy atom. The van der Waals surface area contributed by atoms with Crippen LogP contribution in [-0.2, 0) is 0 Å². The van der Waals surface area contributed by atoms with Crippen molar-refractivity contribution in [2.45, 2.75) is 4.90 Å². The van der Waals surface area contributed by atoms with Crippen molar-refractivity contribution in [3.63, 3.8) is 0 Å². The van der Waals surface area contributed by atoms with Gasteiger partial charge in [0.15, 0.2) is 0 Å². The molecule has 0 saturated carbocycles. The van der Waals surface area contributed by atoms with Gasteiger partial charge in [-0.05, 0) is 39.8 Å². The van der Waals surface area contributed by atoms with Crippen molar-refractivity contribution in [1.82, 2.24) is 0 Å². The Hall–Kier alpha value is -1.57. The molecule has 0 aliphatic heterocycles. The molecule has 0 unspecified atom stereocenters. The van der Waals surface area contributed by atoms with Crippen molar-refractivity contribution in [2.24, 2.45) is 0 Å². The van der Waals surface area contributed by atoms with Crippen LogP contribution < -0.4 is 0 Å². The zero-order valence-corrected chi connectivity index (χ0v) is 11.7. The van der Waals surface area contributed by atoms with Gasteiger partial charge in [0, 0.05) is 14.9 Å². The molecule has 0 aromatic heterocycles. The van der Waals surface area contributed by atoms with Gasteiger partial charge < -0.3 is 0 Å². The average Bonchev–Trinajstić information content (AvgIpc) is 2.40. The Kier molecular flexibility index (Phi) is 4.19. The fourth-order valence-electron chi connectivity index (χ4n) is 1.43. The van der Waals surface area contributed by atoms with Gasteiger partial charge in [-0.2, -0.15) is 5.26 Å². The second-order valence-corrected chi connectivity index (χ2v) is 5.35. The molecule has 2 nitrogen and oxygen atoms in total. The van der Waals surface area contributed by atoms with Crippen LogP contribution in [0.2, 0.25) is 0 Å². The number of carbonyl (C=O) groups excluding carboxylic acids is 1. The number of nitriles is 1. The maximum absolute atomic E-state index is 12.0. The van der Waals surface area contributed by atoms with Crippen LogP contribution in [0.4, 0.5) is 0 Å². The number of halogens is 1. The van der Waals surface area contributed by atoms with Crippen LogP contribution in [0.5, 0.6) is 0 Å². The van der Waals surface area contributed by atoms with Gasteiger partial charge in [0.25, 0.3) is 0 Å². The molecule has 18 heavy (non-hydrogen) atoms. The van der Waals surface area contributed by atoms with E-state index in [-0.39, 0.29) is 5.12 Å². The van der Waals surface area contributed by atoms with Crippen molar-refractivity contribution in [2.75, 3.05) is 0 Å². The summed E-state index contributed by atoms with van der Waals surface area (Å²) in [6, 6.07) is 16.5. The molecule has 0 aliphatic rings. The standard InChI is InChI=1S/C14H8BrNOS/c15-12-7-4-8-13(11(12)9-16)18-14(17)10-5-2-1-3-6-10/h1-8H. The third kappa shape index (κ3) is 2.81. The molecule has 0 N–H and O–H groups in total. The molecule has 2 rings (SSSR count). The maximum Gasteiger partial charge on any atom is 0.224 e. The fourth-order valence-corrected chi connectivity index (χ4v) is 2.87. The minimum absolute atomic E-state index is 0.0646. The van der Waals surface area contributed by atoms with Gasteiger partial charge in [-0.3, -0.25) is 4.79 Å². The highest BCUT2D eigenvalue weighted by Crippen LogP contribution is 2.30. The average molecular weight is 318 g/mol. The largest absolute Gasteiger partial charge is 0.281 e. The lowest BCUT2D eigenvalue weighted by atomic mass is 10.2. The minimum atomic E-state index is -0.0646. The second kappa shape index (κ2) is 5.85. The topological polar surface area (TPSA) is 40.9 Å². The van der Waals surface area contributed by atoms with Crippen LogP contribution >= 0.6 is 27.7 Å². The highest BCUT2D eigenvalue weighted by molar-refractivity contribution is 9.10. The number of nitrogens with zero attached hydrogens (tertiary/aromatic N) is 1. The molecule has 4 heteroatoms. The highest BCUT2D eigenvalue weighted by atomic mass is 79.9. The second-order valence-electron chi connectivity index (χ2n) is 3.48. The molecule has 88 valence electrons. The van der Waals surface area contributed by atoms with Crippen molar-refractivity contribution >= 4 is 32.8 Å². The quantitative estimate of drug-likeness (QED) is 0.777. The van der Waals surface area contributed by atoms with Gasteiger partial charge >= 0.3 is 0 Å². The van der Waals surface area contributed by atoms with E-state index in [1.807, 2.05) is 24.3 Å². The van der Waals surface area contributed by atoms with E-state index in [4.69, 9.17) is 5.26 Å². The zero-order chi connectivity index (χ0) is 13.0. The van der Waals surface area contributed by atoms with Crippen molar-refractivity contribution in [3.8, 4) is 6.07 Å². The van der Waals surface area contributed by atoms with Crippen LogP contribution in [0.15, 0.2) is 57.9 Å². The van der Waals surface area contributed by atoms with Crippen LogP contribution in [-0.4, -0.2) is 5.12 Å². The van der Waals surface area contributed by atoms with Crippen LogP contribution in [0, 0.1) is 11.3 Å². The van der Waals surface area contributed by atoms with E-state index in [1.54, 1.807) is 24.3 Å². The SMILES string of the molecule is N#Cc1c(Br)cccc1SC(=O)c1ccccc1. The van der Waals surface area contributed by atoms with Crippen molar-refractivity contribution in [3.05, 3.63) is 64.1 Å². The molecule has 0 fully saturated rings. The summed E-state index contributed by atoms with van der Waals surface area (Å²) in [7, 11) is 0. The monoisotopic (exact) mass is 317 g/mol. The lowest BCUT2D eigenvalue weighted by Gasteiger charge is -2.04. The van der Waals surface area contributed by atoms with Crippen LogP contribution in [0.25, 0.3) is 0 Å². The molecule has 2 aromatic carbocycles. The Balaban J connectivity index is 2.29. The predicted molar refractivity (Wildman–Crippen MR) is 75.5 cm³/mol.